The van der Waals surface area contributed by atoms with Crippen LogP contribution in [0.3, 0.4) is 0 Å². The summed E-state index contributed by atoms with van der Waals surface area (Å²) in [5.41, 5.74) is 1.04. The van der Waals surface area contributed by atoms with Crippen molar-refractivity contribution in [2.75, 3.05) is 0 Å². The molecule has 0 radical (unpaired) electrons. The maximum atomic E-state index is 11.6. The van der Waals surface area contributed by atoms with E-state index in [4.69, 9.17) is 4.74 Å². The van der Waals surface area contributed by atoms with Gasteiger partial charge in [0.1, 0.15) is 6.61 Å². The van der Waals surface area contributed by atoms with Gasteiger partial charge in [0.2, 0.25) is 0 Å². The van der Waals surface area contributed by atoms with Crippen molar-refractivity contribution >= 4 is 5.97 Å². The van der Waals surface area contributed by atoms with E-state index in [1.807, 2.05) is 30.3 Å². The first kappa shape index (κ1) is 13.8. The average molecular weight is 234 g/mol. The van der Waals surface area contributed by atoms with Gasteiger partial charge in [0, 0.05) is 6.42 Å². The van der Waals surface area contributed by atoms with Crippen LogP contribution in [-0.4, -0.2) is 5.97 Å². The fraction of sp³-hybridized carbons (Fsp3) is 0.533. The molecule has 0 unspecified atom stereocenters. The molecule has 0 amide bonds. The Bertz CT molecular complexity index is 319. The molecule has 1 rings (SSSR count). The zero-order chi connectivity index (χ0) is 12.5. The lowest BCUT2D eigenvalue weighted by Crippen LogP contribution is -2.09. The Morgan fingerprint density at radius 3 is 2.65 bits per heavy atom. The van der Waals surface area contributed by atoms with Crippen LogP contribution in [0.2, 0.25) is 0 Å². The van der Waals surface area contributed by atoms with Crippen LogP contribution in [0.5, 0.6) is 0 Å². The molecule has 1 atom stereocenters. The van der Waals surface area contributed by atoms with Crippen LogP contribution in [0.1, 0.15) is 45.1 Å². The van der Waals surface area contributed by atoms with E-state index in [9.17, 15) is 4.79 Å². The zero-order valence-electron chi connectivity index (χ0n) is 10.8. The van der Waals surface area contributed by atoms with Crippen molar-refractivity contribution < 1.29 is 9.53 Å². The molecule has 2 nitrogen and oxygen atoms in total. The quantitative estimate of drug-likeness (QED) is 0.668. The summed E-state index contributed by atoms with van der Waals surface area (Å²) in [4.78, 5) is 11.6. The summed E-state index contributed by atoms with van der Waals surface area (Å²) in [6.45, 7) is 4.67. The standard InChI is InChI=1S/C15H22O2/c1-3-4-8-13(2)11-15(16)17-12-14-9-6-5-7-10-14/h5-7,9-10,13H,3-4,8,11-12H2,1-2H3/t13-/m0/s1. The molecule has 0 saturated heterocycles. The second-order valence-corrected chi connectivity index (χ2v) is 4.60. The molecular formula is C15H22O2. The van der Waals surface area contributed by atoms with Gasteiger partial charge in [0.05, 0.1) is 0 Å². The highest BCUT2D eigenvalue weighted by atomic mass is 16.5. The third-order valence-electron chi connectivity index (χ3n) is 2.81. The SMILES string of the molecule is CCCC[C@H](C)CC(=O)OCc1ccccc1. The van der Waals surface area contributed by atoms with Crippen LogP contribution in [0, 0.1) is 5.92 Å². The van der Waals surface area contributed by atoms with E-state index in [1.165, 1.54) is 12.8 Å². The van der Waals surface area contributed by atoms with Crippen LogP contribution in [0.4, 0.5) is 0 Å². The lowest BCUT2D eigenvalue weighted by atomic mass is 10.0. The minimum atomic E-state index is -0.0857. The number of rotatable bonds is 7. The van der Waals surface area contributed by atoms with E-state index in [-0.39, 0.29) is 5.97 Å². The van der Waals surface area contributed by atoms with Crippen LogP contribution in [-0.2, 0) is 16.1 Å². The molecule has 0 aromatic heterocycles. The van der Waals surface area contributed by atoms with Crippen LogP contribution < -0.4 is 0 Å². The van der Waals surface area contributed by atoms with E-state index in [0.717, 1.165) is 12.0 Å². The molecule has 17 heavy (non-hydrogen) atoms. The summed E-state index contributed by atoms with van der Waals surface area (Å²) in [6.07, 6.45) is 4.01. The predicted molar refractivity (Wildman–Crippen MR) is 69.5 cm³/mol. The lowest BCUT2D eigenvalue weighted by molar-refractivity contribution is -0.146. The van der Waals surface area contributed by atoms with E-state index in [1.54, 1.807) is 0 Å². The summed E-state index contributed by atoms with van der Waals surface area (Å²) >= 11 is 0. The number of ether oxygens (including phenoxy) is 1. The van der Waals surface area contributed by atoms with E-state index >= 15 is 0 Å². The molecule has 94 valence electrons. The van der Waals surface area contributed by atoms with Gasteiger partial charge in [-0.3, -0.25) is 4.79 Å². The molecule has 0 bridgehead atoms. The fourth-order valence-corrected chi connectivity index (χ4v) is 1.74. The molecule has 0 heterocycles. The van der Waals surface area contributed by atoms with Crippen molar-refractivity contribution in [1.82, 2.24) is 0 Å². The maximum absolute atomic E-state index is 11.6. The van der Waals surface area contributed by atoms with Gasteiger partial charge >= 0.3 is 5.97 Å². The fourth-order valence-electron chi connectivity index (χ4n) is 1.74. The molecule has 0 saturated carbocycles. The van der Waals surface area contributed by atoms with Gasteiger partial charge in [-0.1, -0.05) is 63.4 Å². The third-order valence-corrected chi connectivity index (χ3v) is 2.81. The van der Waals surface area contributed by atoms with Gasteiger partial charge in [0.25, 0.3) is 0 Å². The van der Waals surface area contributed by atoms with E-state index in [2.05, 4.69) is 13.8 Å². The first-order valence-corrected chi connectivity index (χ1v) is 6.42. The molecule has 0 aliphatic carbocycles. The zero-order valence-corrected chi connectivity index (χ0v) is 10.8. The normalized spacial score (nSPS) is 12.1. The number of carbonyl (C=O) groups excluding carboxylic acids is 1. The maximum Gasteiger partial charge on any atom is 0.306 e. The molecule has 2 heteroatoms. The smallest absolute Gasteiger partial charge is 0.306 e. The number of esters is 1. The molecule has 0 aliphatic heterocycles. The Hall–Kier alpha value is -1.31. The van der Waals surface area contributed by atoms with Crippen molar-refractivity contribution in [3.8, 4) is 0 Å². The summed E-state index contributed by atoms with van der Waals surface area (Å²) < 4.78 is 5.24. The monoisotopic (exact) mass is 234 g/mol. The predicted octanol–water partition coefficient (Wildman–Crippen LogP) is 3.95. The molecule has 0 aliphatic rings. The largest absolute Gasteiger partial charge is 0.461 e. The van der Waals surface area contributed by atoms with Gasteiger partial charge in [-0.2, -0.15) is 0 Å². The number of hydrogen-bond donors (Lipinski definition) is 0. The van der Waals surface area contributed by atoms with Crippen LogP contribution >= 0.6 is 0 Å². The first-order chi connectivity index (χ1) is 8.22. The molecule has 0 N–H and O–H groups in total. The highest BCUT2D eigenvalue weighted by Gasteiger charge is 2.09. The Balaban J connectivity index is 2.21. The van der Waals surface area contributed by atoms with E-state index < -0.39 is 0 Å². The summed E-state index contributed by atoms with van der Waals surface area (Å²) in [6, 6.07) is 9.79. The molecule has 0 fully saturated rings. The highest BCUT2D eigenvalue weighted by molar-refractivity contribution is 5.69. The van der Waals surface area contributed by atoms with Crippen molar-refractivity contribution in [3.63, 3.8) is 0 Å². The minimum absolute atomic E-state index is 0.0857. The van der Waals surface area contributed by atoms with Crippen molar-refractivity contribution in [3.05, 3.63) is 35.9 Å². The second kappa shape index (κ2) is 7.88. The second-order valence-electron chi connectivity index (χ2n) is 4.60. The Kier molecular flexibility index (Phi) is 6.38. The Labute approximate surface area is 104 Å². The Morgan fingerprint density at radius 2 is 2.00 bits per heavy atom. The minimum Gasteiger partial charge on any atom is -0.461 e. The molecular weight excluding hydrogens is 212 g/mol. The Morgan fingerprint density at radius 1 is 1.29 bits per heavy atom. The summed E-state index contributed by atoms with van der Waals surface area (Å²) in [5, 5.41) is 0. The van der Waals surface area contributed by atoms with Gasteiger partial charge in [-0.25, -0.2) is 0 Å². The molecule has 1 aromatic carbocycles. The summed E-state index contributed by atoms with van der Waals surface area (Å²) in [5.74, 6) is 0.343. The van der Waals surface area contributed by atoms with Gasteiger partial charge < -0.3 is 4.74 Å². The highest BCUT2D eigenvalue weighted by Crippen LogP contribution is 2.13. The molecule has 0 spiro atoms. The van der Waals surface area contributed by atoms with Gasteiger partial charge in [-0.15, -0.1) is 0 Å². The van der Waals surface area contributed by atoms with Crippen LogP contribution in [0.25, 0.3) is 0 Å². The average Bonchev–Trinajstić information content (AvgIpc) is 2.35. The van der Waals surface area contributed by atoms with Crippen molar-refractivity contribution in [1.29, 1.82) is 0 Å². The third kappa shape index (κ3) is 6.10. The molecule has 1 aromatic rings. The van der Waals surface area contributed by atoms with Gasteiger partial charge in [-0.05, 0) is 11.5 Å². The summed E-state index contributed by atoms with van der Waals surface area (Å²) in [7, 11) is 0. The van der Waals surface area contributed by atoms with Crippen molar-refractivity contribution in [2.45, 2.75) is 46.1 Å². The first-order valence-electron chi connectivity index (χ1n) is 6.42. The lowest BCUT2D eigenvalue weighted by Gasteiger charge is -2.10. The number of hydrogen-bond acceptors (Lipinski definition) is 2. The number of carbonyl (C=O) groups is 1. The number of unbranched alkanes of at least 4 members (excludes halogenated alkanes) is 1. The van der Waals surface area contributed by atoms with E-state index in [0.29, 0.717) is 18.9 Å². The van der Waals surface area contributed by atoms with Gasteiger partial charge in [0.15, 0.2) is 0 Å². The van der Waals surface area contributed by atoms with Crippen molar-refractivity contribution in [2.24, 2.45) is 5.92 Å². The topological polar surface area (TPSA) is 26.3 Å². The van der Waals surface area contributed by atoms with Crippen LogP contribution in [0.15, 0.2) is 30.3 Å². The number of benzene rings is 1.